The highest BCUT2D eigenvalue weighted by molar-refractivity contribution is 5.88. The van der Waals surface area contributed by atoms with Crippen LogP contribution in [0.3, 0.4) is 0 Å². The number of ether oxygens (including phenoxy) is 1. The Morgan fingerprint density at radius 3 is 2.63 bits per heavy atom. The van der Waals surface area contributed by atoms with E-state index in [1.54, 1.807) is 13.1 Å². The Kier molecular flexibility index (Phi) is 6.49. The van der Waals surface area contributed by atoms with Crippen molar-refractivity contribution in [2.24, 2.45) is 5.92 Å². The summed E-state index contributed by atoms with van der Waals surface area (Å²) in [6, 6.07) is 22.3. The first-order chi connectivity index (χ1) is 22.4. The fourth-order valence-electron chi connectivity index (χ4n) is 6.86. The molecule has 0 fully saturated rings. The molecule has 10 nitrogen and oxygen atoms in total. The van der Waals surface area contributed by atoms with Crippen LogP contribution in [0.2, 0.25) is 0 Å². The Hall–Kier alpha value is -5.38. The summed E-state index contributed by atoms with van der Waals surface area (Å²) in [5.41, 5.74) is 3.97. The van der Waals surface area contributed by atoms with Gasteiger partial charge in [0.1, 0.15) is 23.2 Å². The fourth-order valence-corrected chi connectivity index (χ4v) is 6.86. The Morgan fingerprint density at radius 2 is 1.83 bits per heavy atom. The molecule has 5 heterocycles. The zero-order valence-electron chi connectivity index (χ0n) is 25.7. The van der Waals surface area contributed by atoms with Crippen LogP contribution < -0.4 is 20.7 Å². The minimum absolute atomic E-state index is 0.103. The number of rotatable bonds is 5. The van der Waals surface area contributed by atoms with E-state index in [1.165, 1.54) is 0 Å². The fraction of sp³-hybridized carbons (Fsp3) is 0.278. The van der Waals surface area contributed by atoms with Crippen LogP contribution in [0, 0.1) is 5.92 Å². The smallest absolute Gasteiger partial charge is 0.249 e. The summed E-state index contributed by atoms with van der Waals surface area (Å²) in [7, 11) is 0. The minimum atomic E-state index is -0.962. The van der Waals surface area contributed by atoms with Gasteiger partial charge in [-0.25, -0.2) is 9.97 Å². The first kappa shape index (κ1) is 28.1. The van der Waals surface area contributed by atoms with E-state index in [9.17, 15) is 9.59 Å². The first-order valence-corrected chi connectivity index (χ1v) is 15.7. The molecule has 3 N–H and O–H groups in total. The van der Waals surface area contributed by atoms with Gasteiger partial charge in [-0.1, -0.05) is 81.4 Å². The molecular weight excluding hydrogens is 582 g/mol. The number of hydrogen-bond acceptors (Lipinski definition) is 8. The second kappa shape index (κ2) is 10.6. The molecule has 8 rings (SSSR count). The van der Waals surface area contributed by atoms with E-state index in [0.29, 0.717) is 41.2 Å². The number of para-hydroxylation sites is 1. The highest BCUT2D eigenvalue weighted by Gasteiger charge is 2.61. The SMILES string of the molecule is CCC(=O)N[C@H]1Cc2ccc3c(c2)[C@@]2(c4ccccc4NC2O3)c2oc(nc2-c2ncc(-c3ccccc3)o2)[C@H](C(C)C)NC1=O. The topological polar surface area (TPSA) is 132 Å². The number of fused-ring (bicyclic) bond motifs is 4. The molecular formula is C36H33N5O5. The van der Waals surface area contributed by atoms with Crippen molar-refractivity contribution in [3.8, 4) is 28.7 Å². The number of anilines is 1. The Balaban J connectivity index is 1.40. The lowest BCUT2D eigenvalue weighted by atomic mass is 9.72. The van der Waals surface area contributed by atoms with Crippen molar-refractivity contribution < 1.29 is 23.2 Å². The average Bonchev–Trinajstić information content (AvgIpc) is 3.84. The highest BCUT2D eigenvalue weighted by atomic mass is 16.5. The largest absolute Gasteiger partial charge is 0.469 e. The molecule has 3 aliphatic heterocycles. The van der Waals surface area contributed by atoms with E-state index in [1.807, 2.05) is 74.5 Å². The number of carbonyl (C=O) groups is 2. The third kappa shape index (κ3) is 4.23. The Bertz CT molecular complexity index is 1980. The van der Waals surface area contributed by atoms with Crippen LogP contribution in [-0.2, 0) is 21.4 Å². The van der Waals surface area contributed by atoms with Gasteiger partial charge in [0, 0.05) is 29.7 Å². The number of nitrogens with zero attached hydrogens (tertiary/aromatic N) is 2. The highest BCUT2D eigenvalue weighted by Crippen LogP contribution is 2.59. The molecule has 1 spiro atoms. The molecule has 232 valence electrons. The van der Waals surface area contributed by atoms with Crippen LogP contribution in [0.5, 0.6) is 5.75 Å². The van der Waals surface area contributed by atoms with Crippen molar-refractivity contribution in [1.29, 1.82) is 0 Å². The average molecular weight is 616 g/mol. The van der Waals surface area contributed by atoms with E-state index in [-0.39, 0.29) is 24.2 Å². The molecule has 0 radical (unpaired) electrons. The third-order valence-electron chi connectivity index (χ3n) is 9.16. The molecule has 2 amide bonds. The monoisotopic (exact) mass is 615 g/mol. The molecule has 3 aromatic carbocycles. The van der Waals surface area contributed by atoms with Crippen molar-refractivity contribution in [3.63, 3.8) is 0 Å². The van der Waals surface area contributed by atoms with E-state index in [4.69, 9.17) is 23.5 Å². The minimum Gasteiger partial charge on any atom is -0.469 e. The van der Waals surface area contributed by atoms with Gasteiger partial charge in [0.25, 0.3) is 0 Å². The zero-order chi connectivity index (χ0) is 31.6. The Morgan fingerprint density at radius 1 is 1.02 bits per heavy atom. The number of oxazole rings is 2. The lowest BCUT2D eigenvalue weighted by Crippen LogP contribution is -2.49. The molecule has 2 aromatic heterocycles. The van der Waals surface area contributed by atoms with Crippen molar-refractivity contribution in [1.82, 2.24) is 20.6 Å². The summed E-state index contributed by atoms with van der Waals surface area (Å²) >= 11 is 0. The number of hydrogen-bond donors (Lipinski definition) is 3. The summed E-state index contributed by atoms with van der Waals surface area (Å²) < 4.78 is 19.9. The molecule has 0 aliphatic carbocycles. The van der Waals surface area contributed by atoms with Gasteiger partial charge in [-0.3, -0.25) is 9.59 Å². The molecule has 0 saturated carbocycles. The predicted molar refractivity (Wildman–Crippen MR) is 170 cm³/mol. The van der Waals surface area contributed by atoms with Crippen LogP contribution in [-0.4, -0.2) is 34.1 Å². The third-order valence-corrected chi connectivity index (χ3v) is 9.16. The van der Waals surface area contributed by atoms with Crippen molar-refractivity contribution in [2.45, 2.75) is 57.3 Å². The standard InChI is InChI=1S/C36H33N5O5/c1-4-28(42)38-25-17-20-14-15-26-23(16-20)36(22-12-8-9-13-24(22)39-35(36)45-26)31-30(41-34(46-31)29(19(2)3)40-32(25)43)33-37-18-27(44-33)21-10-6-5-7-11-21/h5-16,18-19,25,29,35,39H,4,17H2,1-3H3,(H,38,42)(H,40,43)/t25-,29-,35?,36-/m0/s1. The zero-order valence-corrected chi connectivity index (χ0v) is 25.7. The maximum atomic E-state index is 13.9. The maximum absolute atomic E-state index is 13.9. The van der Waals surface area contributed by atoms with Gasteiger partial charge < -0.3 is 29.5 Å². The van der Waals surface area contributed by atoms with E-state index < -0.39 is 23.7 Å². The summed E-state index contributed by atoms with van der Waals surface area (Å²) in [5, 5.41) is 9.65. The van der Waals surface area contributed by atoms with E-state index >= 15 is 0 Å². The van der Waals surface area contributed by atoms with Gasteiger partial charge in [-0.05, 0) is 29.2 Å². The van der Waals surface area contributed by atoms with Crippen LogP contribution in [0.15, 0.2) is 87.8 Å². The molecule has 10 heteroatoms. The Labute approximate surface area is 265 Å². The van der Waals surface area contributed by atoms with Crippen molar-refractivity contribution in [2.75, 3.05) is 5.32 Å². The van der Waals surface area contributed by atoms with Crippen LogP contribution in [0.25, 0.3) is 22.9 Å². The van der Waals surface area contributed by atoms with Crippen LogP contribution >= 0.6 is 0 Å². The molecule has 4 atom stereocenters. The van der Waals surface area contributed by atoms with Crippen molar-refractivity contribution >= 4 is 17.5 Å². The lowest BCUT2D eigenvalue weighted by Gasteiger charge is -2.28. The number of nitrogens with one attached hydrogen (secondary N) is 3. The van der Waals surface area contributed by atoms with Gasteiger partial charge in [0.05, 0.1) is 6.20 Å². The maximum Gasteiger partial charge on any atom is 0.249 e. The molecule has 5 aromatic rings. The summed E-state index contributed by atoms with van der Waals surface area (Å²) in [5.74, 6) is 1.78. The molecule has 4 bridgehead atoms. The molecule has 46 heavy (non-hydrogen) atoms. The van der Waals surface area contributed by atoms with Crippen molar-refractivity contribution in [3.05, 3.63) is 107 Å². The molecule has 1 unspecified atom stereocenters. The molecule has 0 saturated heterocycles. The predicted octanol–water partition coefficient (Wildman–Crippen LogP) is 5.74. The second-order valence-corrected chi connectivity index (χ2v) is 12.4. The second-order valence-electron chi connectivity index (χ2n) is 12.4. The summed E-state index contributed by atoms with van der Waals surface area (Å²) in [6.07, 6.45) is 1.69. The number of benzene rings is 3. The summed E-state index contributed by atoms with van der Waals surface area (Å²) in [4.78, 5) is 36.2. The quantitative estimate of drug-likeness (QED) is 0.228. The normalized spacial score (nSPS) is 22.5. The van der Waals surface area contributed by atoms with Crippen LogP contribution in [0.4, 0.5) is 5.69 Å². The van der Waals surface area contributed by atoms with Gasteiger partial charge in [-0.2, -0.15) is 0 Å². The number of aromatic nitrogens is 2. The van der Waals surface area contributed by atoms with E-state index in [0.717, 1.165) is 27.9 Å². The van der Waals surface area contributed by atoms with Gasteiger partial charge in [0.2, 0.25) is 23.6 Å². The van der Waals surface area contributed by atoms with Crippen LogP contribution in [0.1, 0.15) is 61.6 Å². The van der Waals surface area contributed by atoms with Gasteiger partial charge >= 0.3 is 0 Å². The van der Waals surface area contributed by atoms with Gasteiger partial charge in [-0.15, -0.1) is 0 Å². The number of carbonyl (C=O) groups excluding carboxylic acids is 2. The first-order valence-electron chi connectivity index (χ1n) is 15.7. The number of amides is 2. The van der Waals surface area contributed by atoms with Gasteiger partial charge in [0.15, 0.2) is 23.4 Å². The van der Waals surface area contributed by atoms with E-state index in [2.05, 4.69) is 28.1 Å². The summed E-state index contributed by atoms with van der Waals surface area (Å²) in [6.45, 7) is 5.75. The lowest BCUT2D eigenvalue weighted by molar-refractivity contribution is -0.129. The molecule has 3 aliphatic rings.